The summed E-state index contributed by atoms with van der Waals surface area (Å²) in [6.07, 6.45) is 4.39. The Morgan fingerprint density at radius 1 is 1.48 bits per heavy atom. The topological polar surface area (TPSA) is 111 Å². The summed E-state index contributed by atoms with van der Waals surface area (Å²) in [6.45, 7) is 2.29. The van der Waals surface area contributed by atoms with E-state index in [1.807, 2.05) is 5.38 Å². The SMILES string of the molecule is CC1CCc2sc(-c3nnc(SCC=O)o3)cc2C1.CNc1sccc1C(N)=O. The third kappa shape index (κ3) is 5.46. The molecule has 3 aromatic heterocycles. The lowest BCUT2D eigenvalue weighted by Crippen LogP contribution is -2.11. The predicted octanol–water partition coefficient (Wildman–Crippen LogP) is 4.10. The van der Waals surface area contributed by atoms with Crippen LogP contribution in [0.1, 0.15) is 34.1 Å². The Bertz CT molecular complexity index is 979. The summed E-state index contributed by atoms with van der Waals surface area (Å²) in [7, 11) is 1.76. The average molecular weight is 451 g/mol. The van der Waals surface area contributed by atoms with Crippen molar-refractivity contribution >= 4 is 51.6 Å². The molecule has 10 heteroatoms. The van der Waals surface area contributed by atoms with Crippen LogP contribution in [-0.4, -0.2) is 35.2 Å². The Labute approximate surface area is 181 Å². The van der Waals surface area contributed by atoms with Gasteiger partial charge in [0.2, 0.25) is 0 Å². The van der Waals surface area contributed by atoms with Crippen molar-refractivity contribution in [3.8, 4) is 10.8 Å². The van der Waals surface area contributed by atoms with E-state index in [0.717, 1.165) is 34.9 Å². The zero-order chi connectivity index (χ0) is 20.8. The van der Waals surface area contributed by atoms with Gasteiger partial charge < -0.3 is 20.3 Å². The van der Waals surface area contributed by atoms with Crippen molar-refractivity contribution in [2.75, 3.05) is 18.1 Å². The Balaban J connectivity index is 0.000000204. The van der Waals surface area contributed by atoms with Crippen LogP contribution in [0.4, 0.5) is 5.00 Å². The number of fused-ring (bicyclic) bond motifs is 1. The fraction of sp³-hybridized carbons (Fsp3) is 0.368. The normalized spacial score (nSPS) is 15.2. The molecule has 0 aliphatic heterocycles. The summed E-state index contributed by atoms with van der Waals surface area (Å²) in [5, 5.41) is 14.0. The molecular weight excluding hydrogens is 428 g/mol. The van der Waals surface area contributed by atoms with Crippen LogP contribution >= 0.6 is 34.4 Å². The van der Waals surface area contributed by atoms with Gasteiger partial charge in [-0.1, -0.05) is 18.7 Å². The van der Waals surface area contributed by atoms with E-state index in [1.54, 1.807) is 24.5 Å². The molecule has 7 nitrogen and oxygen atoms in total. The highest BCUT2D eigenvalue weighted by Gasteiger charge is 2.20. The van der Waals surface area contributed by atoms with Crippen molar-refractivity contribution in [3.05, 3.63) is 33.5 Å². The van der Waals surface area contributed by atoms with Gasteiger partial charge in [-0.05, 0) is 48.3 Å². The number of hydrogen-bond donors (Lipinski definition) is 2. The van der Waals surface area contributed by atoms with E-state index < -0.39 is 0 Å². The first-order chi connectivity index (χ1) is 14.0. The van der Waals surface area contributed by atoms with Crippen LogP contribution in [0.25, 0.3) is 10.8 Å². The number of aldehydes is 1. The third-order valence-electron chi connectivity index (χ3n) is 4.38. The van der Waals surface area contributed by atoms with Crippen molar-refractivity contribution in [2.24, 2.45) is 11.7 Å². The maximum Gasteiger partial charge on any atom is 0.277 e. The quantitative estimate of drug-likeness (QED) is 0.429. The molecule has 1 unspecified atom stereocenters. The molecule has 1 aliphatic rings. The molecule has 0 radical (unpaired) electrons. The maximum atomic E-state index is 10.6. The van der Waals surface area contributed by atoms with Gasteiger partial charge in [0, 0.05) is 11.9 Å². The van der Waals surface area contributed by atoms with E-state index in [9.17, 15) is 9.59 Å². The van der Waals surface area contributed by atoms with E-state index in [4.69, 9.17) is 10.2 Å². The number of carbonyl (C=O) groups is 2. The van der Waals surface area contributed by atoms with Crippen LogP contribution < -0.4 is 11.1 Å². The van der Waals surface area contributed by atoms with Crippen LogP contribution in [0.15, 0.2) is 27.2 Å². The van der Waals surface area contributed by atoms with E-state index >= 15 is 0 Å². The molecule has 1 amide bonds. The third-order valence-corrected chi connectivity index (χ3v) is 7.25. The van der Waals surface area contributed by atoms with Crippen molar-refractivity contribution in [2.45, 2.75) is 31.4 Å². The Hall–Kier alpha value is -2.17. The average Bonchev–Trinajstić information content (AvgIpc) is 3.44. The van der Waals surface area contributed by atoms with E-state index in [-0.39, 0.29) is 5.91 Å². The molecule has 4 rings (SSSR count). The van der Waals surface area contributed by atoms with Gasteiger partial charge in [0.05, 0.1) is 16.2 Å². The molecule has 154 valence electrons. The van der Waals surface area contributed by atoms with Crippen molar-refractivity contribution in [1.29, 1.82) is 0 Å². The zero-order valence-corrected chi connectivity index (χ0v) is 18.6. The number of amides is 1. The van der Waals surface area contributed by atoms with Gasteiger partial charge in [-0.3, -0.25) is 4.79 Å². The number of nitrogens with zero attached hydrogens (tertiary/aromatic N) is 2. The summed E-state index contributed by atoms with van der Waals surface area (Å²) in [4.78, 5) is 23.4. The second-order valence-corrected chi connectivity index (χ2v) is 9.56. The number of nitrogens with one attached hydrogen (secondary N) is 1. The fourth-order valence-electron chi connectivity index (χ4n) is 2.98. The number of anilines is 1. The molecule has 0 spiro atoms. The second-order valence-electron chi connectivity index (χ2n) is 6.54. The van der Waals surface area contributed by atoms with Crippen molar-refractivity contribution in [1.82, 2.24) is 10.2 Å². The van der Waals surface area contributed by atoms with Gasteiger partial charge in [-0.25, -0.2) is 0 Å². The van der Waals surface area contributed by atoms with Gasteiger partial charge >= 0.3 is 0 Å². The molecular formula is C19H22N4O3S3. The lowest BCUT2D eigenvalue weighted by atomic mass is 9.90. The van der Waals surface area contributed by atoms with Gasteiger partial charge in [0.1, 0.15) is 11.3 Å². The molecule has 1 aliphatic carbocycles. The number of rotatable bonds is 6. The van der Waals surface area contributed by atoms with Gasteiger partial charge in [0.15, 0.2) is 0 Å². The van der Waals surface area contributed by atoms with Crippen LogP contribution in [0.5, 0.6) is 0 Å². The summed E-state index contributed by atoms with van der Waals surface area (Å²) in [6, 6.07) is 3.89. The summed E-state index contributed by atoms with van der Waals surface area (Å²) >= 11 is 4.49. The number of primary amides is 1. The van der Waals surface area contributed by atoms with E-state index in [2.05, 4.69) is 28.5 Å². The zero-order valence-electron chi connectivity index (χ0n) is 16.1. The van der Waals surface area contributed by atoms with Crippen molar-refractivity contribution < 1.29 is 14.0 Å². The highest BCUT2D eigenvalue weighted by molar-refractivity contribution is 7.99. The van der Waals surface area contributed by atoms with Crippen LogP contribution in [-0.2, 0) is 17.6 Å². The molecule has 0 aromatic carbocycles. The summed E-state index contributed by atoms with van der Waals surface area (Å²) < 4.78 is 5.57. The molecule has 3 aromatic rings. The molecule has 0 bridgehead atoms. The predicted molar refractivity (Wildman–Crippen MR) is 118 cm³/mol. The molecule has 3 heterocycles. The first-order valence-electron chi connectivity index (χ1n) is 9.08. The monoisotopic (exact) mass is 450 g/mol. The number of thioether (sulfide) groups is 1. The largest absolute Gasteiger partial charge is 0.410 e. The molecule has 1 atom stereocenters. The Morgan fingerprint density at radius 3 is 3.00 bits per heavy atom. The Kier molecular flexibility index (Phi) is 7.45. The fourth-order valence-corrected chi connectivity index (χ4v) is 5.31. The minimum absolute atomic E-state index is 0.347. The highest BCUT2D eigenvalue weighted by Crippen LogP contribution is 2.37. The van der Waals surface area contributed by atoms with Crippen LogP contribution in [0, 0.1) is 5.92 Å². The smallest absolute Gasteiger partial charge is 0.277 e. The second kappa shape index (κ2) is 10.0. The number of hydrogen-bond acceptors (Lipinski definition) is 9. The minimum Gasteiger partial charge on any atom is -0.410 e. The standard InChI is InChI=1S/C13H14N2O2S2.C6H8N2OS/c1-8-2-3-10-9(6-8)7-11(19-10)12-14-15-13(17-12)18-5-4-16;1-8-6-4(5(7)9)2-3-10-6/h4,7-8H,2-3,5-6H2,1H3;2-3,8H,1H3,(H2,7,9). The molecule has 0 saturated carbocycles. The summed E-state index contributed by atoms with van der Waals surface area (Å²) in [5.41, 5.74) is 7.05. The van der Waals surface area contributed by atoms with E-state index in [1.165, 1.54) is 40.0 Å². The maximum absolute atomic E-state index is 10.6. The number of nitrogens with two attached hydrogens (primary N) is 1. The van der Waals surface area contributed by atoms with Crippen LogP contribution in [0.3, 0.4) is 0 Å². The number of aryl methyl sites for hydroxylation is 1. The number of carbonyl (C=O) groups excluding carboxylic acids is 2. The lowest BCUT2D eigenvalue weighted by molar-refractivity contribution is -0.105. The molecule has 29 heavy (non-hydrogen) atoms. The first-order valence-corrected chi connectivity index (χ1v) is 11.8. The lowest BCUT2D eigenvalue weighted by Gasteiger charge is -2.16. The van der Waals surface area contributed by atoms with Gasteiger partial charge in [-0.15, -0.1) is 32.9 Å². The van der Waals surface area contributed by atoms with Gasteiger partial charge in [0.25, 0.3) is 17.0 Å². The first kappa shape index (κ1) is 21.5. The summed E-state index contributed by atoms with van der Waals surface area (Å²) in [5.74, 6) is 1.29. The number of thiophene rings is 2. The van der Waals surface area contributed by atoms with Gasteiger partial charge in [-0.2, -0.15) is 0 Å². The van der Waals surface area contributed by atoms with E-state index in [0.29, 0.717) is 22.4 Å². The molecule has 0 saturated heterocycles. The van der Waals surface area contributed by atoms with Crippen molar-refractivity contribution in [3.63, 3.8) is 0 Å². The highest BCUT2D eigenvalue weighted by atomic mass is 32.2. The molecule has 3 N–H and O–H groups in total. The number of aromatic nitrogens is 2. The molecule has 0 fully saturated rings. The Morgan fingerprint density at radius 2 is 2.31 bits per heavy atom. The van der Waals surface area contributed by atoms with Crippen LogP contribution in [0.2, 0.25) is 0 Å². The minimum atomic E-state index is -0.384.